The van der Waals surface area contributed by atoms with Crippen molar-refractivity contribution in [2.24, 2.45) is 7.05 Å². The van der Waals surface area contributed by atoms with E-state index in [2.05, 4.69) is 40.5 Å². The van der Waals surface area contributed by atoms with Crippen molar-refractivity contribution in [2.75, 3.05) is 0 Å². The van der Waals surface area contributed by atoms with Crippen molar-refractivity contribution in [3.8, 4) is 11.1 Å². The summed E-state index contributed by atoms with van der Waals surface area (Å²) in [4.78, 5) is 17.4. The molecular formula is C21H26N4O2S2. The number of ether oxygens (including phenoxy) is 1. The van der Waals surface area contributed by atoms with Crippen molar-refractivity contribution in [1.82, 2.24) is 20.1 Å². The molecule has 3 aromatic rings. The number of nitrogens with one attached hydrogen (secondary N) is 1. The van der Waals surface area contributed by atoms with Crippen molar-refractivity contribution in [3.05, 3.63) is 47.4 Å². The maximum absolute atomic E-state index is 11.8. The molecular weight excluding hydrogens is 404 g/mol. The molecule has 0 fully saturated rings. The lowest BCUT2D eigenvalue weighted by Gasteiger charge is -2.19. The summed E-state index contributed by atoms with van der Waals surface area (Å²) in [6.07, 6.45) is 6.30. The molecule has 0 aliphatic rings. The number of hydrogen-bond donors (Lipinski definition) is 1. The van der Waals surface area contributed by atoms with Gasteiger partial charge in [-0.2, -0.15) is 5.10 Å². The molecule has 3 rings (SSSR count). The third-order valence-electron chi connectivity index (χ3n) is 3.95. The molecule has 0 spiro atoms. The van der Waals surface area contributed by atoms with Gasteiger partial charge >= 0.3 is 6.09 Å². The smallest absolute Gasteiger partial charge is 0.408 e. The number of carbonyl (C=O) groups excluding carboxylic acids is 1. The van der Waals surface area contributed by atoms with Gasteiger partial charge in [0.1, 0.15) is 10.6 Å². The van der Waals surface area contributed by atoms with Gasteiger partial charge in [0, 0.05) is 23.7 Å². The molecule has 29 heavy (non-hydrogen) atoms. The molecule has 1 aromatic carbocycles. The Kier molecular flexibility index (Phi) is 6.64. The highest BCUT2D eigenvalue weighted by Gasteiger charge is 2.16. The van der Waals surface area contributed by atoms with E-state index in [0.29, 0.717) is 6.54 Å². The van der Waals surface area contributed by atoms with Crippen LogP contribution in [0.2, 0.25) is 0 Å². The van der Waals surface area contributed by atoms with Crippen molar-refractivity contribution in [1.29, 1.82) is 0 Å². The third kappa shape index (κ3) is 6.33. The Balaban J connectivity index is 1.68. The highest BCUT2D eigenvalue weighted by Crippen LogP contribution is 2.35. The maximum atomic E-state index is 11.8. The van der Waals surface area contributed by atoms with Gasteiger partial charge in [0.15, 0.2) is 0 Å². The Labute approximate surface area is 179 Å². The summed E-state index contributed by atoms with van der Waals surface area (Å²) < 4.78 is 8.15. The van der Waals surface area contributed by atoms with Crippen LogP contribution in [0.1, 0.15) is 38.3 Å². The largest absolute Gasteiger partial charge is 0.444 e. The van der Waals surface area contributed by atoms with E-state index in [1.807, 2.05) is 51.1 Å². The summed E-state index contributed by atoms with van der Waals surface area (Å²) >= 11 is 3.25. The van der Waals surface area contributed by atoms with E-state index in [0.717, 1.165) is 26.8 Å². The van der Waals surface area contributed by atoms with E-state index in [1.165, 1.54) is 10.5 Å². The van der Waals surface area contributed by atoms with Gasteiger partial charge in [0.25, 0.3) is 0 Å². The average Bonchev–Trinajstić information content (AvgIpc) is 3.27. The first-order chi connectivity index (χ1) is 13.7. The molecule has 0 saturated heterocycles. The summed E-state index contributed by atoms with van der Waals surface area (Å²) in [5.41, 5.74) is 3.04. The van der Waals surface area contributed by atoms with Gasteiger partial charge in [0.05, 0.1) is 23.1 Å². The van der Waals surface area contributed by atoms with Gasteiger partial charge in [-0.25, -0.2) is 9.78 Å². The Hall–Kier alpha value is -2.32. The summed E-state index contributed by atoms with van der Waals surface area (Å²) in [5.74, 6) is 0. The van der Waals surface area contributed by atoms with Crippen LogP contribution in [0, 0.1) is 0 Å². The molecule has 0 bridgehead atoms. The Morgan fingerprint density at radius 1 is 1.24 bits per heavy atom. The van der Waals surface area contributed by atoms with E-state index in [-0.39, 0.29) is 0 Å². The summed E-state index contributed by atoms with van der Waals surface area (Å²) in [7, 11) is 1.92. The minimum Gasteiger partial charge on any atom is -0.444 e. The fourth-order valence-corrected chi connectivity index (χ4v) is 4.73. The molecule has 0 atom stereocenters. The van der Waals surface area contributed by atoms with Gasteiger partial charge in [-0.1, -0.05) is 24.8 Å². The predicted octanol–water partition coefficient (Wildman–Crippen LogP) is 5.28. The molecule has 0 aliphatic heterocycles. The Morgan fingerprint density at radius 3 is 2.69 bits per heavy atom. The number of amides is 1. The Bertz CT molecular complexity index is 989. The van der Waals surface area contributed by atoms with Gasteiger partial charge in [0.2, 0.25) is 0 Å². The number of benzene rings is 1. The van der Waals surface area contributed by atoms with Crippen molar-refractivity contribution < 1.29 is 9.53 Å². The van der Waals surface area contributed by atoms with Crippen LogP contribution < -0.4 is 5.32 Å². The van der Waals surface area contributed by atoms with E-state index >= 15 is 0 Å². The first kappa shape index (κ1) is 21.4. The number of rotatable bonds is 6. The lowest BCUT2D eigenvalue weighted by molar-refractivity contribution is 0.0523. The number of hydrogen-bond acceptors (Lipinski definition) is 6. The average molecular weight is 431 g/mol. The second-order valence-corrected chi connectivity index (χ2v) is 10.1. The van der Waals surface area contributed by atoms with Gasteiger partial charge in [-0.3, -0.25) is 4.68 Å². The van der Waals surface area contributed by atoms with Crippen LogP contribution in [0.15, 0.2) is 45.9 Å². The summed E-state index contributed by atoms with van der Waals surface area (Å²) in [6, 6.07) is 6.60. The third-order valence-corrected chi connectivity index (χ3v) is 6.02. The lowest BCUT2D eigenvalue weighted by Crippen LogP contribution is -2.32. The van der Waals surface area contributed by atoms with Crippen LogP contribution in [0.3, 0.4) is 0 Å². The fourth-order valence-electron chi connectivity index (χ4n) is 2.66. The van der Waals surface area contributed by atoms with Crippen molar-refractivity contribution in [3.63, 3.8) is 0 Å². The topological polar surface area (TPSA) is 69.0 Å². The molecule has 2 aromatic heterocycles. The van der Waals surface area contributed by atoms with E-state index in [4.69, 9.17) is 4.74 Å². The molecule has 0 saturated carbocycles. The quantitative estimate of drug-likeness (QED) is 0.576. The van der Waals surface area contributed by atoms with Crippen LogP contribution >= 0.6 is 23.1 Å². The lowest BCUT2D eigenvalue weighted by atomic mass is 10.1. The zero-order valence-electron chi connectivity index (χ0n) is 17.4. The molecule has 1 N–H and O–H groups in total. The zero-order chi connectivity index (χ0) is 21.0. The molecule has 0 unspecified atom stereocenters. The van der Waals surface area contributed by atoms with E-state index in [9.17, 15) is 4.79 Å². The van der Waals surface area contributed by atoms with E-state index < -0.39 is 11.7 Å². The molecule has 8 heteroatoms. The fraction of sp³-hybridized carbons (Fsp3) is 0.381. The number of carbonyl (C=O) groups is 1. The monoisotopic (exact) mass is 430 g/mol. The first-order valence-corrected chi connectivity index (χ1v) is 11.1. The standard InChI is InChI=1S/C21H26N4O2S2/c1-6-14-7-15(16-10-24-25(5)13-16)9-17(8-14)28-19-12-22-18(29-19)11-23-20(26)27-21(2,3)4/h7-10,12-13H,6,11H2,1-5H3,(H,23,26). The summed E-state index contributed by atoms with van der Waals surface area (Å²) in [6.45, 7) is 8.04. The molecule has 0 aliphatic carbocycles. The number of thiazole rings is 1. The first-order valence-electron chi connectivity index (χ1n) is 9.44. The minimum absolute atomic E-state index is 0.357. The van der Waals surface area contributed by atoms with Crippen molar-refractivity contribution >= 4 is 29.2 Å². The van der Waals surface area contributed by atoms with Crippen LogP contribution in [-0.2, 0) is 24.8 Å². The van der Waals surface area contributed by atoms with Gasteiger partial charge in [-0.05, 0) is 50.5 Å². The van der Waals surface area contributed by atoms with Crippen LogP contribution in [0.5, 0.6) is 0 Å². The van der Waals surface area contributed by atoms with Gasteiger partial charge < -0.3 is 10.1 Å². The molecule has 6 nitrogen and oxygen atoms in total. The van der Waals surface area contributed by atoms with Crippen LogP contribution in [0.4, 0.5) is 4.79 Å². The SMILES string of the molecule is CCc1cc(Sc2cnc(CNC(=O)OC(C)(C)C)s2)cc(-c2cnn(C)c2)c1. The predicted molar refractivity (Wildman–Crippen MR) is 117 cm³/mol. The zero-order valence-corrected chi connectivity index (χ0v) is 19.0. The molecule has 2 heterocycles. The second kappa shape index (κ2) is 9.00. The van der Waals surface area contributed by atoms with E-state index in [1.54, 1.807) is 23.1 Å². The highest BCUT2D eigenvalue weighted by atomic mass is 32.2. The summed E-state index contributed by atoms with van der Waals surface area (Å²) in [5, 5.41) is 7.88. The number of nitrogens with zero attached hydrogens (tertiary/aromatic N) is 3. The number of aryl methyl sites for hydroxylation is 2. The highest BCUT2D eigenvalue weighted by molar-refractivity contribution is 8.01. The second-order valence-electron chi connectivity index (χ2n) is 7.65. The number of aromatic nitrogens is 3. The maximum Gasteiger partial charge on any atom is 0.408 e. The molecule has 1 amide bonds. The normalized spacial score (nSPS) is 11.5. The Morgan fingerprint density at radius 2 is 2.03 bits per heavy atom. The van der Waals surface area contributed by atoms with Crippen molar-refractivity contribution in [2.45, 2.75) is 55.4 Å². The van der Waals surface area contributed by atoms with Crippen LogP contribution in [0.25, 0.3) is 11.1 Å². The molecule has 154 valence electrons. The van der Waals surface area contributed by atoms with Gasteiger partial charge in [-0.15, -0.1) is 11.3 Å². The minimum atomic E-state index is -0.510. The molecule has 0 radical (unpaired) electrons. The number of alkyl carbamates (subject to hydrolysis) is 1. The van der Waals surface area contributed by atoms with Crippen LogP contribution in [-0.4, -0.2) is 26.5 Å².